The first-order chi connectivity index (χ1) is 9.70. The van der Waals surface area contributed by atoms with Crippen molar-refractivity contribution in [3.05, 3.63) is 42.5 Å². The molecule has 0 spiro atoms. The summed E-state index contributed by atoms with van der Waals surface area (Å²) >= 11 is 0. The quantitative estimate of drug-likeness (QED) is 0.882. The normalized spacial score (nSPS) is 10.4. The van der Waals surface area contributed by atoms with E-state index in [2.05, 4.69) is 20.0 Å². The van der Waals surface area contributed by atoms with Crippen LogP contribution in [-0.2, 0) is 6.54 Å². The Morgan fingerprint density at radius 3 is 2.65 bits per heavy atom. The number of para-hydroxylation sites is 1. The van der Waals surface area contributed by atoms with Crippen LogP contribution in [0.2, 0.25) is 0 Å². The summed E-state index contributed by atoms with van der Waals surface area (Å²) in [5, 5.41) is 3.02. The third-order valence-electron chi connectivity index (χ3n) is 2.53. The van der Waals surface area contributed by atoms with Crippen molar-refractivity contribution in [1.82, 2.24) is 9.97 Å². The van der Waals surface area contributed by atoms with Crippen LogP contribution in [0.5, 0.6) is 11.5 Å². The zero-order valence-corrected chi connectivity index (χ0v) is 10.7. The molecule has 1 aromatic heterocycles. The van der Waals surface area contributed by atoms with Crippen LogP contribution in [0.1, 0.15) is 5.56 Å². The number of aromatic nitrogens is 2. The van der Waals surface area contributed by atoms with E-state index in [1.54, 1.807) is 30.6 Å². The number of anilines is 1. The molecule has 0 saturated heterocycles. The van der Waals surface area contributed by atoms with Crippen molar-refractivity contribution in [3.63, 3.8) is 0 Å². The fourth-order valence-corrected chi connectivity index (χ4v) is 1.67. The summed E-state index contributed by atoms with van der Waals surface area (Å²) in [6.07, 6.45) is 4.57. The van der Waals surface area contributed by atoms with Crippen LogP contribution < -0.4 is 14.8 Å². The zero-order valence-electron chi connectivity index (χ0n) is 10.7. The Kier molecular flexibility index (Phi) is 4.65. The molecule has 0 aliphatic heterocycles. The maximum absolute atomic E-state index is 12.5. The standard InChI is InChI=1S/C13H13F2N3O2/c1-19-11-4-2-3-9(12(11)20-13(14)15)5-18-10-6-16-8-17-7-10/h2-4,6-8,13,18H,5H2,1H3. The number of methoxy groups -OCH3 is 1. The smallest absolute Gasteiger partial charge is 0.387 e. The predicted octanol–water partition coefficient (Wildman–Crippen LogP) is 2.70. The molecule has 0 bridgehead atoms. The average molecular weight is 281 g/mol. The Bertz CT molecular complexity index is 553. The fourth-order valence-electron chi connectivity index (χ4n) is 1.67. The molecule has 7 heteroatoms. The molecule has 0 radical (unpaired) electrons. The number of hydrogen-bond acceptors (Lipinski definition) is 5. The molecule has 1 heterocycles. The minimum atomic E-state index is -2.91. The number of halogens is 2. The lowest BCUT2D eigenvalue weighted by Gasteiger charge is -2.15. The Labute approximate surface area is 114 Å². The van der Waals surface area contributed by atoms with Gasteiger partial charge in [-0.2, -0.15) is 8.78 Å². The lowest BCUT2D eigenvalue weighted by Crippen LogP contribution is -2.08. The van der Waals surface area contributed by atoms with E-state index >= 15 is 0 Å². The maximum atomic E-state index is 12.5. The summed E-state index contributed by atoms with van der Waals surface area (Å²) in [4.78, 5) is 7.70. The van der Waals surface area contributed by atoms with Gasteiger partial charge in [-0.1, -0.05) is 12.1 Å². The number of ether oxygens (including phenoxy) is 2. The van der Waals surface area contributed by atoms with E-state index < -0.39 is 6.61 Å². The Hall–Kier alpha value is -2.44. The summed E-state index contributed by atoms with van der Waals surface area (Å²) in [5.41, 5.74) is 1.23. The summed E-state index contributed by atoms with van der Waals surface area (Å²) < 4.78 is 34.5. The number of nitrogens with one attached hydrogen (secondary N) is 1. The van der Waals surface area contributed by atoms with Crippen LogP contribution in [0.3, 0.4) is 0 Å². The van der Waals surface area contributed by atoms with Crippen LogP contribution >= 0.6 is 0 Å². The molecular formula is C13H13F2N3O2. The van der Waals surface area contributed by atoms with Gasteiger partial charge in [0.15, 0.2) is 11.5 Å². The van der Waals surface area contributed by atoms with Crippen LogP contribution in [0.15, 0.2) is 36.9 Å². The molecule has 0 saturated carbocycles. The predicted molar refractivity (Wildman–Crippen MR) is 69.0 cm³/mol. The number of hydrogen-bond donors (Lipinski definition) is 1. The van der Waals surface area contributed by atoms with Crippen molar-refractivity contribution in [2.45, 2.75) is 13.2 Å². The second kappa shape index (κ2) is 6.65. The van der Waals surface area contributed by atoms with Gasteiger partial charge in [0.25, 0.3) is 0 Å². The maximum Gasteiger partial charge on any atom is 0.387 e. The first-order valence-electron chi connectivity index (χ1n) is 5.80. The van der Waals surface area contributed by atoms with Crippen LogP contribution in [0.25, 0.3) is 0 Å². The van der Waals surface area contributed by atoms with Gasteiger partial charge in [-0.05, 0) is 6.07 Å². The van der Waals surface area contributed by atoms with Crippen LogP contribution in [-0.4, -0.2) is 23.7 Å². The molecule has 20 heavy (non-hydrogen) atoms. The summed E-state index contributed by atoms with van der Waals surface area (Å²) in [7, 11) is 1.40. The van der Waals surface area contributed by atoms with E-state index in [0.29, 0.717) is 11.3 Å². The van der Waals surface area contributed by atoms with Gasteiger partial charge in [0.05, 0.1) is 25.2 Å². The van der Waals surface area contributed by atoms with Gasteiger partial charge in [-0.3, -0.25) is 0 Å². The Balaban J connectivity index is 2.18. The number of alkyl halides is 2. The molecule has 0 fully saturated rings. The number of nitrogens with zero attached hydrogens (tertiary/aromatic N) is 2. The van der Waals surface area contributed by atoms with Gasteiger partial charge in [-0.25, -0.2) is 9.97 Å². The molecule has 0 atom stereocenters. The average Bonchev–Trinajstić information content (AvgIpc) is 2.46. The topological polar surface area (TPSA) is 56.3 Å². The molecule has 2 aromatic rings. The van der Waals surface area contributed by atoms with Crippen molar-refractivity contribution < 1.29 is 18.3 Å². The van der Waals surface area contributed by atoms with Gasteiger partial charge < -0.3 is 14.8 Å². The third-order valence-corrected chi connectivity index (χ3v) is 2.53. The highest BCUT2D eigenvalue weighted by molar-refractivity contribution is 5.49. The largest absolute Gasteiger partial charge is 0.493 e. The fraction of sp³-hybridized carbons (Fsp3) is 0.231. The number of benzene rings is 1. The van der Waals surface area contributed by atoms with E-state index in [0.717, 1.165) is 0 Å². The monoisotopic (exact) mass is 281 g/mol. The van der Waals surface area contributed by atoms with Crippen molar-refractivity contribution in [2.75, 3.05) is 12.4 Å². The highest BCUT2D eigenvalue weighted by Crippen LogP contribution is 2.32. The highest BCUT2D eigenvalue weighted by atomic mass is 19.3. The van der Waals surface area contributed by atoms with E-state index in [9.17, 15) is 8.78 Å². The molecule has 0 unspecified atom stereocenters. The molecule has 0 aliphatic carbocycles. The Morgan fingerprint density at radius 1 is 1.25 bits per heavy atom. The summed E-state index contributed by atoms with van der Waals surface area (Å²) in [6, 6.07) is 4.94. The summed E-state index contributed by atoms with van der Waals surface area (Å²) in [6.45, 7) is -2.63. The van der Waals surface area contributed by atoms with E-state index in [-0.39, 0.29) is 18.0 Å². The second-order valence-electron chi connectivity index (χ2n) is 3.81. The molecule has 0 amide bonds. The van der Waals surface area contributed by atoms with Crippen LogP contribution in [0.4, 0.5) is 14.5 Å². The Morgan fingerprint density at radius 2 is 2.00 bits per heavy atom. The molecule has 0 aliphatic rings. The lowest BCUT2D eigenvalue weighted by molar-refractivity contribution is -0.0517. The van der Waals surface area contributed by atoms with Crippen LogP contribution in [0, 0.1) is 0 Å². The molecule has 5 nitrogen and oxygen atoms in total. The van der Waals surface area contributed by atoms with E-state index in [4.69, 9.17) is 4.74 Å². The molecule has 1 N–H and O–H groups in total. The first kappa shape index (κ1) is 14.0. The van der Waals surface area contributed by atoms with Gasteiger partial charge in [0.1, 0.15) is 6.33 Å². The van der Waals surface area contributed by atoms with Crippen molar-refractivity contribution in [3.8, 4) is 11.5 Å². The van der Waals surface area contributed by atoms with Gasteiger partial charge in [0, 0.05) is 12.1 Å². The summed E-state index contributed by atoms with van der Waals surface area (Å²) in [5.74, 6) is 0.281. The minimum absolute atomic E-state index is 0.0225. The number of rotatable bonds is 6. The SMILES string of the molecule is COc1cccc(CNc2cncnc2)c1OC(F)F. The van der Waals surface area contributed by atoms with E-state index in [1.165, 1.54) is 13.4 Å². The molecular weight excluding hydrogens is 268 g/mol. The van der Waals surface area contributed by atoms with Gasteiger partial charge in [0.2, 0.25) is 0 Å². The first-order valence-corrected chi connectivity index (χ1v) is 5.80. The highest BCUT2D eigenvalue weighted by Gasteiger charge is 2.15. The van der Waals surface area contributed by atoms with E-state index in [1.807, 2.05) is 0 Å². The van der Waals surface area contributed by atoms with Crippen molar-refractivity contribution in [1.29, 1.82) is 0 Å². The molecule has 1 aromatic carbocycles. The second-order valence-corrected chi connectivity index (χ2v) is 3.81. The third kappa shape index (κ3) is 3.53. The van der Waals surface area contributed by atoms with Crippen molar-refractivity contribution in [2.24, 2.45) is 0 Å². The van der Waals surface area contributed by atoms with Crippen molar-refractivity contribution >= 4 is 5.69 Å². The lowest BCUT2D eigenvalue weighted by atomic mass is 10.2. The van der Waals surface area contributed by atoms with Gasteiger partial charge >= 0.3 is 6.61 Å². The van der Waals surface area contributed by atoms with Gasteiger partial charge in [-0.15, -0.1) is 0 Å². The zero-order chi connectivity index (χ0) is 14.4. The molecule has 106 valence electrons. The minimum Gasteiger partial charge on any atom is -0.493 e. The molecule has 2 rings (SSSR count).